The first-order valence-corrected chi connectivity index (χ1v) is 4.79. The van der Waals surface area contributed by atoms with Gasteiger partial charge in [0.15, 0.2) is 5.78 Å². The summed E-state index contributed by atoms with van der Waals surface area (Å²) in [5.74, 6) is 0.00302. The number of unbranched alkanes of at least 4 members (excludes halogenated alkanes) is 1. The lowest BCUT2D eigenvalue weighted by atomic mass is 10.1. The van der Waals surface area contributed by atoms with Gasteiger partial charge < -0.3 is 0 Å². The standard InChI is InChI=1S/C12H12F2O/c13-12(14)9-5-4-8-11(15)10-6-2-1-3-7-10/h1-3,6-7,9H,4-5,8H2. The minimum atomic E-state index is -1.68. The molecule has 1 aromatic rings. The van der Waals surface area contributed by atoms with Crippen molar-refractivity contribution in [3.05, 3.63) is 48.1 Å². The molecule has 1 aromatic carbocycles. The number of halogens is 2. The normalized spacial score (nSPS) is 9.73. The summed E-state index contributed by atoms with van der Waals surface area (Å²) in [6.45, 7) is 0. The van der Waals surface area contributed by atoms with Crippen LogP contribution in [0.3, 0.4) is 0 Å². The molecule has 15 heavy (non-hydrogen) atoms. The minimum absolute atomic E-state index is 0.00302. The van der Waals surface area contributed by atoms with Crippen LogP contribution in [-0.2, 0) is 0 Å². The van der Waals surface area contributed by atoms with Crippen molar-refractivity contribution in [2.24, 2.45) is 0 Å². The van der Waals surface area contributed by atoms with E-state index in [0.29, 0.717) is 18.4 Å². The van der Waals surface area contributed by atoms with Crippen LogP contribution in [0, 0.1) is 0 Å². The predicted molar refractivity (Wildman–Crippen MR) is 54.9 cm³/mol. The maximum absolute atomic E-state index is 11.7. The maximum Gasteiger partial charge on any atom is 0.266 e. The van der Waals surface area contributed by atoms with Gasteiger partial charge in [-0.15, -0.1) is 0 Å². The summed E-state index contributed by atoms with van der Waals surface area (Å²) in [4.78, 5) is 11.5. The fourth-order valence-corrected chi connectivity index (χ4v) is 1.24. The Morgan fingerprint density at radius 1 is 1.20 bits per heavy atom. The molecule has 0 aliphatic carbocycles. The fourth-order valence-electron chi connectivity index (χ4n) is 1.24. The molecule has 0 aromatic heterocycles. The van der Waals surface area contributed by atoms with Crippen molar-refractivity contribution in [1.82, 2.24) is 0 Å². The number of Topliss-reactive ketones (excluding diaryl/α,β-unsaturated/α-hetero) is 1. The first-order valence-electron chi connectivity index (χ1n) is 4.79. The molecule has 0 aliphatic heterocycles. The van der Waals surface area contributed by atoms with Gasteiger partial charge in [0.05, 0.1) is 0 Å². The Balaban J connectivity index is 2.35. The Kier molecular flexibility index (Phi) is 4.68. The zero-order valence-electron chi connectivity index (χ0n) is 8.25. The van der Waals surface area contributed by atoms with Gasteiger partial charge in [0.1, 0.15) is 0 Å². The molecule has 0 amide bonds. The maximum atomic E-state index is 11.7. The lowest BCUT2D eigenvalue weighted by Gasteiger charge is -1.98. The SMILES string of the molecule is O=C(CCCC=C(F)F)c1ccccc1. The van der Waals surface area contributed by atoms with Crippen molar-refractivity contribution >= 4 is 5.78 Å². The molecule has 1 nitrogen and oxygen atoms in total. The Bertz CT molecular complexity index is 340. The van der Waals surface area contributed by atoms with Crippen LogP contribution < -0.4 is 0 Å². The first kappa shape index (κ1) is 11.6. The van der Waals surface area contributed by atoms with Gasteiger partial charge in [-0.2, -0.15) is 8.78 Å². The number of benzene rings is 1. The molecule has 0 unspecified atom stereocenters. The van der Waals surface area contributed by atoms with Gasteiger partial charge in [0.25, 0.3) is 6.08 Å². The van der Waals surface area contributed by atoms with Crippen LogP contribution >= 0.6 is 0 Å². The minimum Gasteiger partial charge on any atom is -0.294 e. The molecule has 0 fully saturated rings. The highest BCUT2D eigenvalue weighted by Gasteiger charge is 2.03. The Labute approximate surface area is 87.4 Å². The van der Waals surface area contributed by atoms with E-state index < -0.39 is 6.08 Å². The topological polar surface area (TPSA) is 17.1 Å². The van der Waals surface area contributed by atoms with Crippen molar-refractivity contribution < 1.29 is 13.6 Å². The fraction of sp³-hybridized carbons (Fsp3) is 0.250. The van der Waals surface area contributed by atoms with Crippen LogP contribution in [0.2, 0.25) is 0 Å². The summed E-state index contributed by atoms with van der Waals surface area (Å²) in [6.07, 6.45) is 0.195. The number of rotatable bonds is 5. The number of carbonyl (C=O) groups excluding carboxylic acids is 1. The molecule has 0 aliphatic rings. The van der Waals surface area contributed by atoms with Gasteiger partial charge in [0, 0.05) is 12.0 Å². The zero-order valence-corrected chi connectivity index (χ0v) is 8.25. The largest absolute Gasteiger partial charge is 0.294 e. The molecule has 0 N–H and O–H groups in total. The predicted octanol–water partition coefficient (Wildman–Crippen LogP) is 3.82. The molecule has 80 valence electrons. The molecule has 0 saturated carbocycles. The van der Waals surface area contributed by atoms with Gasteiger partial charge in [0.2, 0.25) is 0 Å². The highest BCUT2D eigenvalue weighted by Crippen LogP contribution is 2.08. The molecule has 0 heterocycles. The molecule has 3 heteroatoms. The summed E-state index contributed by atoms with van der Waals surface area (Å²) >= 11 is 0. The Hall–Kier alpha value is -1.51. The van der Waals surface area contributed by atoms with Crippen LogP contribution in [-0.4, -0.2) is 5.78 Å². The number of hydrogen-bond donors (Lipinski definition) is 0. The van der Waals surface area contributed by atoms with E-state index in [9.17, 15) is 13.6 Å². The van der Waals surface area contributed by atoms with E-state index in [2.05, 4.69) is 0 Å². The smallest absolute Gasteiger partial charge is 0.266 e. The second-order valence-corrected chi connectivity index (χ2v) is 3.18. The second-order valence-electron chi connectivity index (χ2n) is 3.18. The number of ketones is 1. The van der Waals surface area contributed by atoms with Crippen LogP contribution in [0.25, 0.3) is 0 Å². The van der Waals surface area contributed by atoms with Crippen molar-refractivity contribution in [2.75, 3.05) is 0 Å². The van der Waals surface area contributed by atoms with E-state index >= 15 is 0 Å². The summed E-state index contributed by atoms with van der Waals surface area (Å²) in [5, 5.41) is 0. The van der Waals surface area contributed by atoms with Crippen molar-refractivity contribution in [3.8, 4) is 0 Å². The van der Waals surface area contributed by atoms with Gasteiger partial charge >= 0.3 is 0 Å². The van der Waals surface area contributed by atoms with Gasteiger partial charge in [-0.1, -0.05) is 30.3 Å². The quantitative estimate of drug-likeness (QED) is 0.533. The summed E-state index contributed by atoms with van der Waals surface area (Å²) in [7, 11) is 0. The number of allylic oxidation sites excluding steroid dienone is 1. The molecule has 1 rings (SSSR count). The van der Waals surface area contributed by atoms with Crippen LogP contribution in [0.15, 0.2) is 42.5 Å². The van der Waals surface area contributed by atoms with Crippen LogP contribution in [0.1, 0.15) is 29.6 Å². The summed E-state index contributed by atoms with van der Waals surface area (Å²) < 4.78 is 23.3. The molecular formula is C12H12F2O. The highest BCUT2D eigenvalue weighted by atomic mass is 19.3. The van der Waals surface area contributed by atoms with E-state index in [1.807, 2.05) is 6.07 Å². The van der Waals surface area contributed by atoms with Crippen molar-refractivity contribution in [1.29, 1.82) is 0 Å². The van der Waals surface area contributed by atoms with Crippen molar-refractivity contribution in [3.63, 3.8) is 0 Å². The van der Waals surface area contributed by atoms with Gasteiger partial charge in [-0.3, -0.25) is 4.79 Å². The van der Waals surface area contributed by atoms with Crippen molar-refractivity contribution in [2.45, 2.75) is 19.3 Å². The molecule has 0 saturated heterocycles. The van der Waals surface area contributed by atoms with E-state index in [0.717, 1.165) is 6.08 Å². The monoisotopic (exact) mass is 210 g/mol. The molecular weight excluding hydrogens is 198 g/mol. The van der Waals surface area contributed by atoms with Crippen LogP contribution in [0.5, 0.6) is 0 Å². The van der Waals surface area contributed by atoms with E-state index in [-0.39, 0.29) is 12.2 Å². The first-order chi connectivity index (χ1) is 7.20. The highest BCUT2D eigenvalue weighted by molar-refractivity contribution is 5.95. The lowest BCUT2D eigenvalue weighted by Crippen LogP contribution is -1.97. The Morgan fingerprint density at radius 3 is 2.47 bits per heavy atom. The third-order valence-corrected chi connectivity index (χ3v) is 2.00. The van der Waals surface area contributed by atoms with E-state index in [1.165, 1.54) is 0 Å². The average Bonchev–Trinajstić information content (AvgIpc) is 2.25. The second kappa shape index (κ2) is 6.06. The lowest BCUT2D eigenvalue weighted by molar-refractivity contribution is 0.0980. The number of hydrogen-bond acceptors (Lipinski definition) is 1. The molecule has 0 bridgehead atoms. The molecule has 0 radical (unpaired) electrons. The third kappa shape index (κ3) is 4.49. The molecule has 0 spiro atoms. The zero-order chi connectivity index (χ0) is 11.1. The summed E-state index contributed by atoms with van der Waals surface area (Å²) in [6, 6.07) is 8.86. The van der Waals surface area contributed by atoms with Crippen LogP contribution in [0.4, 0.5) is 8.78 Å². The van der Waals surface area contributed by atoms with Gasteiger partial charge in [-0.05, 0) is 18.9 Å². The van der Waals surface area contributed by atoms with E-state index in [1.54, 1.807) is 24.3 Å². The Morgan fingerprint density at radius 2 is 1.87 bits per heavy atom. The van der Waals surface area contributed by atoms with Gasteiger partial charge in [-0.25, -0.2) is 0 Å². The number of carbonyl (C=O) groups is 1. The molecule has 0 atom stereocenters. The third-order valence-electron chi connectivity index (χ3n) is 2.00. The summed E-state index contributed by atoms with van der Waals surface area (Å²) in [5.41, 5.74) is 0.641. The van der Waals surface area contributed by atoms with E-state index in [4.69, 9.17) is 0 Å². The average molecular weight is 210 g/mol.